The second-order valence-corrected chi connectivity index (χ2v) is 2.26. The Labute approximate surface area is 74.7 Å². The first-order chi connectivity index (χ1) is 4.86. The SMILES string of the molecule is Clc1nc2ccccc2o1.[H+].[SiH4]. The van der Waals surface area contributed by atoms with Crippen LogP contribution in [-0.4, -0.2) is 15.9 Å². The maximum Gasteiger partial charge on any atom is 1.00 e. The van der Waals surface area contributed by atoms with Crippen molar-refractivity contribution >= 4 is 33.7 Å². The van der Waals surface area contributed by atoms with E-state index in [-0.39, 0.29) is 17.7 Å². The predicted octanol–water partition coefficient (Wildman–Crippen LogP) is 1.14. The van der Waals surface area contributed by atoms with Crippen molar-refractivity contribution in [3.8, 4) is 0 Å². The van der Waals surface area contributed by atoms with Gasteiger partial charge in [-0.1, -0.05) is 12.1 Å². The predicted molar refractivity (Wildman–Crippen MR) is 51.5 cm³/mol. The maximum absolute atomic E-state index is 5.51. The molecule has 0 radical (unpaired) electrons. The summed E-state index contributed by atoms with van der Waals surface area (Å²) >= 11 is 5.51. The van der Waals surface area contributed by atoms with Crippen LogP contribution < -0.4 is 0 Å². The lowest BCUT2D eigenvalue weighted by Crippen LogP contribution is -1.62. The quantitative estimate of drug-likeness (QED) is 0.577. The molecule has 58 valence electrons. The summed E-state index contributed by atoms with van der Waals surface area (Å²) in [6.07, 6.45) is 0. The number of halogens is 1. The fourth-order valence-electron chi connectivity index (χ4n) is 0.844. The number of hydrogen-bond acceptors (Lipinski definition) is 2. The number of hydrogen-bond donors (Lipinski definition) is 0. The first-order valence-corrected chi connectivity index (χ1v) is 3.25. The number of benzene rings is 1. The molecule has 0 aliphatic carbocycles. The summed E-state index contributed by atoms with van der Waals surface area (Å²) in [5.41, 5.74) is 1.53. The largest absolute Gasteiger partial charge is 1.00 e. The summed E-state index contributed by atoms with van der Waals surface area (Å²) < 4.78 is 5.02. The van der Waals surface area contributed by atoms with E-state index in [9.17, 15) is 0 Å². The molecule has 0 bridgehead atoms. The standard InChI is InChI=1S/C7H4ClNO.H4Si/c8-7-9-5-3-1-2-4-6(5)10-7;/h1-4H;1H4/p+1. The molecule has 2 rings (SSSR count). The summed E-state index contributed by atoms with van der Waals surface area (Å²) in [6, 6.07) is 7.45. The lowest BCUT2D eigenvalue weighted by Gasteiger charge is -1.79. The van der Waals surface area contributed by atoms with Crippen LogP contribution in [0.15, 0.2) is 28.7 Å². The minimum Gasteiger partial charge on any atom is -0.428 e. The zero-order valence-electron chi connectivity index (χ0n) is 6.04. The van der Waals surface area contributed by atoms with Crippen molar-refractivity contribution in [2.75, 3.05) is 0 Å². The fourth-order valence-corrected chi connectivity index (χ4v) is 1.02. The molecule has 0 atom stereocenters. The fraction of sp³-hybridized carbons (Fsp3) is 0. The Kier molecular flexibility index (Phi) is 2.31. The second kappa shape index (κ2) is 3.07. The average Bonchev–Trinajstić information content (AvgIpc) is 2.27. The molecule has 0 saturated carbocycles. The van der Waals surface area contributed by atoms with Crippen LogP contribution in [0, 0.1) is 0 Å². The third-order valence-corrected chi connectivity index (χ3v) is 1.43. The Morgan fingerprint density at radius 2 is 2.09 bits per heavy atom. The highest BCUT2D eigenvalue weighted by Gasteiger charge is 1.99. The van der Waals surface area contributed by atoms with Gasteiger partial charge in [-0.05, 0) is 34.7 Å². The number of aromatic nitrogens is 1. The molecule has 1 aromatic carbocycles. The van der Waals surface area contributed by atoms with Gasteiger partial charge in [0.2, 0.25) is 0 Å². The molecule has 4 heteroatoms. The molecule has 0 N–H and O–H groups in total. The minimum atomic E-state index is 0. The summed E-state index contributed by atoms with van der Waals surface area (Å²) in [6.45, 7) is 0. The van der Waals surface area contributed by atoms with Gasteiger partial charge in [0.15, 0.2) is 5.58 Å². The van der Waals surface area contributed by atoms with E-state index in [0.29, 0.717) is 0 Å². The molecule has 1 heterocycles. The van der Waals surface area contributed by atoms with Gasteiger partial charge in [-0.25, -0.2) is 0 Å². The van der Waals surface area contributed by atoms with Crippen LogP contribution in [0.25, 0.3) is 11.1 Å². The zero-order chi connectivity index (χ0) is 6.97. The van der Waals surface area contributed by atoms with E-state index in [1.165, 1.54) is 0 Å². The van der Waals surface area contributed by atoms with Crippen LogP contribution in [0.5, 0.6) is 0 Å². The maximum atomic E-state index is 5.51. The summed E-state index contributed by atoms with van der Waals surface area (Å²) in [7, 11) is 0. The van der Waals surface area contributed by atoms with Gasteiger partial charge in [0.05, 0.1) is 0 Å². The molecule has 0 unspecified atom stereocenters. The van der Waals surface area contributed by atoms with Gasteiger partial charge in [0, 0.05) is 0 Å². The van der Waals surface area contributed by atoms with Crippen molar-refractivity contribution in [1.29, 1.82) is 0 Å². The van der Waals surface area contributed by atoms with Crippen LogP contribution in [0.3, 0.4) is 0 Å². The Morgan fingerprint density at radius 3 is 2.82 bits per heavy atom. The molecule has 0 saturated heterocycles. The van der Waals surface area contributed by atoms with Gasteiger partial charge < -0.3 is 4.42 Å². The lowest BCUT2D eigenvalue weighted by molar-refractivity contribution is 0.604. The van der Waals surface area contributed by atoms with Crippen molar-refractivity contribution < 1.29 is 5.84 Å². The number of nitrogens with zero attached hydrogens (tertiary/aromatic N) is 1. The molecular formula is C7H9ClNOSi+. The number of rotatable bonds is 0. The second-order valence-electron chi connectivity index (χ2n) is 1.93. The van der Waals surface area contributed by atoms with Crippen molar-refractivity contribution in [1.82, 2.24) is 4.98 Å². The smallest absolute Gasteiger partial charge is 0.428 e. The topological polar surface area (TPSA) is 26.0 Å². The Balaban J connectivity index is 0.000000605. The van der Waals surface area contributed by atoms with Gasteiger partial charge in [0.25, 0.3) is 5.35 Å². The van der Waals surface area contributed by atoms with E-state index in [2.05, 4.69) is 4.98 Å². The highest BCUT2D eigenvalue weighted by Crippen LogP contribution is 2.17. The molecule has 1 aromatic heterocycles. The van der Waals surface area contributed by atoms with Gasteiger partial charge in [-0.15, -0.1) is 0 Å². The van der Waals surface area contributed by atoms with Crippen LogP contribution in [-0.2, 0) is 0 Å². The van der Waals surface area contributed by atoms with E-state index in [1.54, 1.807) is 0 Å². The lowest BCUT2D eigenvalue weighted by atomic mass is 10.3. The number of oxazole rings is 1. The van der Waals surface area contributed by atoms with Gasteiger partial charge >= 0.3 is 1.43 Å². The average molecular weight is 187 g/mol. The Hall–Kier alpha value is -0.803. The molecule has 11 heavy (non-hydrogen) atoms. The third-order valence-electron chi connectivity index (χ3n) is 1.27. The van der Waals surface area contributed by atoms with E-state index in [1.807, 2.05) is 24.3 Å². The molecule has 0 aliphatic heterocycles. The van der Waals surface area contributed by atoms with Crippen LogP contribution >= 0.6 is 11.6 Å². The van der Waals surface area contributed by atoms with E-state index < -0.39 is 0 Å². The first-order valence-electron chi connectivity index (χ1n) is 2.87. The molecular weight excluding hydrogens is 178 g/mol. The summed E-state index contributed by atoms with van der Waals surface area (Å²) in [5, 5.41) is 0.196. The van der Waals surface area contributed by atoms with Crippen LogP contribution in [0.4, 0.5) is 0 Å². The Morgan fingerprint density at radius 1 is 1.36 bits per heavy atom. The van der Waals surface area contributed by atoms with Gasteiger partial charge in [-0.3, -0.25) is 0 Å². The molecule has 2 aromatic rings. The summed E-state index contributed by atoms with van der Waals surface area (Å²) in [5.74, 6) is 0. The van der Waals surface area contributed by atoms with Crippen molar-refractivity contribution in [2.45, 2.75) is 0 Å². The summed E-state index contributed by atoms with van der Waals surface area (Å²) in [4.78, 5) is 3.91. The molecule has 0 fully saturated rings. The number of fused-ring (bicyclic) bond motifs is 1. The Bertz CT molecular complexity index is 332. The van der Waals surface area contributed by atoms with Crippen LogP contribution in [0.2, 0.25) is 5.35 Å². The monoisotopic (exact) mass is 186 g/mol. The molecule has 0 amide bonds. The van der Waals surface area contributed by atoms with Crippen LogP contribution in [0.1, 0.15) is 1.43 Å². The molecule has 0 aliphatic rings. The third kappa shape index (κ3) is 1.44. The van der Waals surface area contributed by atoms with Crippen molar-refractivity contribution in [3.05, 3.63) is 29.6 Å². The minimum absolute atomic E-state index is 0. The molecule has 2 nitrogen and oxygen atoms in total. The number of para-hydroxylation sites is 2. The van der Waals surface area contributed by atoms with Crippen molar-refractivity contribution in [2.24, 2.45) is 0 Å². The first kappa shape index (κ1) is 8.29. The van der Waals surface area contributed by atoms with Crippen molar-refractivity contribution in [3.63, 3.8) is 0 Å². The molecule has 0 spiro atoms. The van der Waals surface area contributed by atoms with Gasteiger partial charge in [0.1, 0.15) is 5.52 Å². The van der Waals surface area contributed by atoms with E-state index in [0.717, 1.165) is 11.1 Å². The van der Waals surface area contributed by atoms with Gasteiger partial charge in [-0.2, -0.15) is 4.98 Å². The normalized spacial score (nSPS) is 9.55. The highest BCUT2D eigenvalue weighted by molar-refractivity contribution is 6.28. The van der Waals surface area contributed by atoms with E-state index in [4.69, 9.17) is 16.0 Å². The van der Waals surface area contributed by atoms with E-state index >= 15 is 0 Å². The highest BCUT2D eigenvalue weighted by atomic mass is 35.5. The zero-order valence-corrected chi connectivity index (χ0v) is 5.80.